The molecule has 0 saturated heterocycles. The maximum absolute atomic E-state index is 13.7. The average molecular weight is 593 g/mol. The fraction of sp³-hybridized carbons (Fsp3) is 0.208. The molecule has 35 heavy (non-hydrogen) atoms. The molecule has 0 bridgehead atoms. The summed E-state index contributed by atoms with van der Waals surface area (Å²) in [6, 6.07) is 12.3. The van der Waals surface area contributed by atoms with E-state index in [4.69, 9.17) is 4.74 Å². The lowest BCUT2D eigenvalue weighted by molar-refractivity contribution is 0.141. The summed E-state index contributed by atoms with van der Waals surface area (Å²) >= 11 is 2.10. The third-order valence-electron chi connectivity index (χ3n) is 5.33. The van der Waals surface area contributed by atoms with Crippen LogP contribution >= 0.6 is 22.6 Å². The maximum atomic E-state index is 13.7. The molecule has 0 spiro atoms. The number of anilines is 2. The number of methoxy groups -OCH3 is 1. The van der Waals surface area contributed by atoms with Crippen molar-refractivity contribution in [3.63, 3.8) is 0 Å². The van der Waals surface area contributed by atoms with E-state index in [-0.39, 0.29) is 5.69 Å². The molecule has 2 aromatic heterocycles. The first-order valence-electron chi connectivity index (χ1n) is 10.5. The van der Waals surface area contributed by atoms with Gasteiger partial charge >= 0.3 is 0 Å². The molecule has 182 valence electrons. The molecule has 8 nitrogen and oxygen atoms in total. The number of alkyl halides is 2. The number of hydrogen-bond donors (Lipinski definition) is 2. The van der Waals surface area contributed by atoms with E-state index in [9.17, 15) is 18.7 Å². The van der Waals surface area contributed by atoms with Crippen LogP contribution in [0.1, 0.15) is 29.4 Å². The fourth-order valence-corrected chi connectivity index (χ4v) is 4.22. The summed E-state index contributed by atoms with van der Waals surface area (Å²) in [6.45, 7) is 1.37. The molecule has 0 unspecified atom stereocenters. The van der Waals surface area contributed by atoms with Crippen LogP contribution in [0.3, 0.4) is 0 Å². The molecule has 2 aromatic carbocycles. The molecule has 4 rings (SSSR count). The Bertz CT molecular complexity index is 1410. The van der Waals surface area contributed by atoms with E-state index < -0.39 is 30.3 Å². The molecule has 0 aliphatic heterocycles. The van der Waals surface area contributed by atoms with Crippen LogP contribution in [0.4, 0.5) is 20.2 Å². The van der Waals surface area contributed by atoms with Crippen LogP contribution in [0.2, 0.25) is 0 Å². The topological polar surface area (TPSA) is 94.2 Å². The van der Waals surface area contributed by atoms with Gasteiger partial charge < -0.3 is 19.7 Å². The van der Waals surface area contributed by atoms with E-state index in [1.54, 1.807) is 47.3 Å². The van der Waals surface area contributed by atoms with Crippen molar-refractivity contribution in [3.05, 3.63) is 91.9 Å². The van der Waals surface area contributed by atoms with Crippen LogP contribution in [-0.4, -0.2) is 38.2 Å². The Balaban J connectivity index is 1.76. The summed E-state index contributed by atoms with van der Waals surface area (Å²) in [5, 5.41) is 16.8. The van der Waals surface area contributed by atoms with E-state index in [1.807, 2.05) is 19.2 Å². The van der Waals surface area contributed by atoms with Gasteiger partial charge in [0.2, 0.25) is 0 Å². The van der Waals surface area contributed by atoms with E-state index >= 15 is 0 Å². The summed E-state index contributed by atoms with van der Waals surface area (Å²) < 4.78 is 36.4. The number of rotatable bonds is 8. The predicted octanol–water partition coefficient (Wildman–Crippen LogP) is 4.61. The van der Waals surface area contributed by atoms with Gasteiger partial charge in [-0.15, -0.1) is 0 Å². The molecule has 0 radical (unpaired) electrons. The van der Waals surface area contributed by atoms with Gasteiger partial charge in [0.15, 0.2) is 0 Å². The molecule has 0 fully saturated rings. The average Bonchev–Trinajstić information content (AvgIpc) is 3.27. The molecule has 4 aromatic rings. The Kier molecular flexibility index (Phi) is 7.45. The predicted molar refractivity (Wildman–Crippen MR) is 136 cm³/mol. The van der Waals surface area contributed by atoms with Gasteiger partial charge in [-0.05, 0) is 65.4 Å². The van der Waals surface area contributed by atoms with Crippen molar-refractivity contribution in [3.8, 4) is 11.4 Å². The highest BCUT2D eigenvalue weighted by molar-refractivity contribution is 14.1. The van der Waals surface area contributed by atoms with Gasteiger partial charge in [-0.1, -0.05) is 12.1 Å². The SMILES string of the molecule is COc1cc(Nc2cc(C(F)F)nn([C@@H](CO)c3cccc(I)c3)c2=O)ccc1-n1cnc(C)c1. The Morgan fingerprint density at radius 3 is 2.63 bits per heavy atom. The molecule has 0 aliphatic carbocycles. The molecular weight excluding hydrogens is 571 g/mol. The van der Waals surface area contributed by atoms with E-state index in [0.29, 0.717) is 17.0 Å². The van der Waals surface area contributed by atoms with Crippen LogP contribution in [0.15, 0.2) is 65.8 Å². The molecule has 0 amide bonds. The lowest BCUT2D eigenvalue weighted by Crippen LogP contribution is -2.32. The highest BCUT2D eigenvalue weighted by Gasteiger charge is 2.22. The van der Waals surface area contributed by atoms with E-state index in [0.717, 1.165) is 25.7 Å². The zero-order valence-electron chi connectivity index (χ0n) is 18.8. The number of imidazole rings is 1. The standard InChI is InChI=1S/C24H22F2IN5O3/c1-14-11-31(13-28-14)20-7-6-17(9-22(20)35-2)29-19-10-18(23(25)26)30-32(24(19)34)21(12-33)15-4-3-5-16(27)8-15/h3-11,13,21,23,29,33H,12H2,1-2H3/t21-/m0/s1. The number of aliphatic hydroxyl groups is 1. The van der Waals surface area contributed by atoms with Gasteiger partial charge in [0.1, 0.15) is 23.2 Å². The van der Waals surface area contributed by atoms with Crippen molar-refractivity contribution in [1.82, 2.24) is 19.3 Å². The van der Waals surface area contributed by atoms with Crippen LogP contribution in [0.5, 0.6) is 5.75 Å². The monoisotopic (exact) mass is 593 g/mol. The number of ether oxygens (including phenoxy) is 1. The molecule has 1 atom stereocenters. The highest BCUT2D eigenvalue weighted by atomic mass is 127. The Morgan fingerprint density at radius 2 is 2.00 bits per heavy atom. The minimum absolute atomic E-state index is 0.104. The number of benzene rings is 2. The molecule has 2 N–H and O–H groups in total. The maximum Gasteiger partial charge on any atom is 0.291 e. The van der Waals surface area contributed by atoms with Crippen molar-refractivity contribution < 1.29 is 18.6 Å². The van der Waals surface area contributed by atoms with Crippen LogP contribution in [0.25, 0.3) is 5.69 Å². The number of nitrogens with one attached hydrogen (secondary N) is 1. The van der Waals surface area contributed by atoms with Gasteiger partial charge in [0.25, 0.3) is 12.0 Å². The number of aromatic nitrogens is 4. The Hall–Kier alpha value is -3.32. The van der Waals surface area contributed by atoms with Gasteiger partial charge in [-0.3, -0.25) is 4.79 Å². The van der Waals surface area contributed by atoms with Gasteiger partial charge in [0, 0.05) is 21.5 Å². The molecule has 0 aliphatic rings. The normalized spacial score (nSPS) is 12.1. The van der Waals surface area contributed by atoms with E-state index in [1.165, 1.54) is 7.11 Å². The van der Waals surface area contributed by atoms with Crippen molar-refractivity contribution >= 4 is 34.0 Å². The van der Waals surface area contributed by atoms with Crippen LogP contribution < -0.4 is 15.6 Å². The summed E-state index contributed by atoms with van der Waals surface area (Å²) in [7, 11) is 1.51. The zero-order valence-corrected chi connectivity index (χ0v) is 21.0. The number of aliphatic hydroxyl groups excluding tert-OH is 1. The number of aryl methyl sites for hydroxylation is 1. The second-order valence-corrected chi connectivity index (χ2v) is 8.97. The largest absolute Gasteiger partial charge is 0.494 e. The molecule has 0 saturated carbocycles. The third kappa shape index (κ3) is 5.35. The van der Waals surface area contributed by atoms with Crippen LogP contribution in [-0.2, 0) is 0 Å². The summed E-state index contributed by atoms with van der Waals surface area (Å²) in [4.78, 5) is 17.5. The Labute approximate surface area is 213 Å². The van der Waals surface area contributed by atoms with Gasteiger partial charge in [0.05, 0.1) is 31.4 Å². The number of nitrogens with zero attached hydrogens (tertiary/aromatic N) is 4. The van der Waals surface area contributed by atoms with E-state index in [2.05, 4.69) is 38.0 Å². The minimum atomic E-state index is -2.92. The quantitative estimate of drug-likeness (QED) is 0.290. The summed E-state index contributed by atoms with van der Waals surface area (Å²) in [6.07, 6.45) is 0.566. The first kappa shape index (κ1) is 24.8. The first-order chi connectivity index (χ1) is 16.8. The van der Waals surface area contributed by atoms with Crippen molar-refractivity contribution in [1.29, 1.82) is 0 Å². The van der Waals surface area contributed by atoms with Gasteiger partial charge in [-0.25, -0.2) is 18.4 Å². The minimum Gasteiger partial charge on any atom is -0.494 e. The number of halogens is 3. The second-order valence-electron chi connectivity index (χ2n) is 7.72. The molecule has 11 heteroatoms. The highest BCUT2D eigenvalue weighted by Crippen LogP contribution is 2.29. The van der Waals surface area contributed by atoms with Crippen molar-refractivity contribution in [2.45, 2.75) is 19.4 Å². The zero-order chi connectivity index (χ0) is 25.1. The summed E-state index contributed by atoms with van der Waals surface area (Å²) in [5.41, 5.74) is 1.23. The number of hydrogen-bond acceptors (Lipinski definition) is 6. The molecule has 2 heterocycles. The van der Waals surface area contributed by atoms with Gasteiger partial charge in [-0.2, -0.15) is 5.10 Å². The second kappa shape index (κ2) is 10.5. The third-order valence-corrected chi connectivity index (χ3v) is 6.00. The smallest absolute Gasteiger partial charge is 0.291 e. The summed E-state index contributed by atoms with van der Waals surface area (Å²) in [5.74, 6) is 0.489. The first-order valence-corrected chi connectivity index (χ1v) is 11.6. The lowest BCUT2D eigenvalue weighted by atomic mass is 10.1. The van der Waals surface area contributed by atoms with Crippen LogP contribution in [0, 0.1) is 10.5 Å². The lowest BCUT2D eigenvalue weighted by Gasteiger charge is -2.20. The fourth-order valence-electron chi connectivity index (χ4n) is 3.65. The van der Waals surface area contributed by atoms with Crippen molar-refractivity contribution in [2.75, 3.05) is 19.0 Å². The Morgan fingerprint density at radius 1 is 1.20 bits per heavy atom. The van der Waals surface area contributed by atoms with Crippen molar-refractivity contribution in [2.24, 2.45) is 0 Å². The molecular formula is C24H22F2IN5O3.